The highest BCUT2D eigenvalue weighted by molar-refractivity contribution is 6.04. The highest BCUT2D eigenvalue weighted by atomic mass is 16.1. The number of hydrogen-bond acceptors (Lipinski definition) is 4. The molecular weight excluding hydrogens is 386 g/mol. The van der Waals surface area contributed by atoms with Gasteiger partial charge in [-0.15, -0.1) is 10.2 Å². The van der Waals surface area contributed by atoms with Crippen molar-refractivity contribution in [1.82, 2.24) is 14.8 Å². The largest absolute Gasteiger partial charge is 0.367 e. The van der Waals surface area contributed by atoms with Crippen molar-refractivity contribution < 1.29 is 4.79 Å². The molecule has 0 atom stereocenters. The Hall–Kier alpha value is -3.93. The number of carbonyl (C=O) groups excluding carboxylic acids is 1. The predicted octanol–water partition coefficient (Wildman–Crippen LogP) is 4.30. The van der Waals surface area contributed by atoms with Crippen LogP contribution in [0, 0.1) is 0 Å². The molecular formula is C25H23N5O. The number of nitrogens with one attached hydrogen (secondary N) is 1. The van der Waals surface area contributed by atoms with Gasteiger partial charge in [-0.3, -0.25) is 4.79 Å². The number of hydrogen-bond donors (Lipinski definition) is 1. The molecule has 6 nitrogen and oxygen atoms in total. The van der Waals surface area contributed by atoms with Gasteiger partial charge in [-0.1, -0.05) is 36.4 Å². The number of nitrogens with zero attached hydrogens (tertiary/aromatic N) is 4. The topological polar surface area (TPSA) is 63.1 Å². The Morgan fingerprint density at radius 2 is 1.77 bits per heavy atom. The first kappa shape index (κ1) is 19.1. The predicted molar refractivity (Wildman–Crippen MR) is 122 cm³/mol. The summed E-state index contributed by atoms with van der Waals surface area (Å²) in [6.07, 6.45) is 2.70. The molecule has 0 spiro atoms. The molecule has 5 rings (SSSR count). The van der Waals surface area contributed by atoms with Crippen LogP contribution >= 0.6 is 0 Å². The van der Waals surface area contributed by atoms with E-state index in [0.29, 0.717) is 5.56 Å². The van der Waals surface area contributed by atoms with Crippen LogP contribution < -0.4 is 10.2 Å². The van der Waals surface area contributed by atoms with Crippen molar-refractivity contribution in [3.05, 3.63) is 95.8 Å². The van der Waals surface area contributed by atoms with Crippen LogP contribution in [0.2, 0.25) is 0 Å². The number of aryl methyl sites for hydroxylation is 1. The molecule has 4 aromatic rings. The number of fused-ring (bicyclic) bond motifs is 1. The molecule has 1 aromatic heterocycles. The molecule has 2 heterocycles. The van der Waals surface area contributed by atoms with E-state index in [-0.39, 0.29) is 5.91 Å². The van der Waals surface area contributed by atoms with E-state index in [1.54, 1.807) is 6.33 Å². The maximum absolute atomic E-state index is 12.8. The fourth-order valence-electron chi connectivity index (χ4n) is 4.02. The molecule has 3 aromatic carbocycles. The molecule has 0 radical (unpaired) electrons. The molecule has 1 N–H and O–H groups in total. The van der Waals surface area contributed by atoms with E-state index in [1.165, 1.54) is 11.1 Å². The molecule has 0 saturated heterocycles. The minimum Gasteiger partial charge on any atom is -0.367 e. The quantitative estimate of drug-likeness (QED) is 0.546. The van der Waals surface area contributed by atoms with Gasteiger partial charge in [0.1, 0.15) is 6.33 Å². The molecule has 154 valence electrons. The van der Waals surface area contributed by atoms with E-state index in [4.69, 9.17) is 0 Å². The first-order valence-corrected chi connectivity index (χ1v) is 10.3. The van der Waals surface area contributed by atoms with E-state index in [1.807, 2.05) is 60.1 Å². The van der Waals surface area contributed by atoms with E-state index in [2.05, 4.69) is 44.7 Å². The van der Waals surface area contributed by atoms with E-state index in [9.17, 15) is 4.79 Å². The second-order valence-corrected chi connectivity index (χ2v) is 7.79. The molecule has 1 aliphatic heterocycles. The third-order valence-corrected chi connectivity index (χ3v) is 5.72. The highest BCUT2D eigenvalue weighted by Crippen LogP contribution is 2.25. The lowest BCUT2D eigenvalue weighted by Gasteiger charge is -2.30. The zero-order chi connectivity index (χ0) is 21.2. The lowest BCUT2D eigenvalue weighted by molar-refractivity contribution is 0.102. The SMILES string of the molecule is Cn1cnnc1-c1cccc(NC(=O)c2ccc(N3CCc4ccccc4C3)cc2)c1. The summed E-state index contributed by atoms with van der Waals surface area (Å²) in [4.78, 5) is 15.1. The van der Waals surface area contributed by atoms with Gasteiger partial charge in [-0.2, -0.15) is 0 Å². The summed E-state index contributed by atoms with van der Waals surface area (Å²) in [5.74, 6) is 0.620. The second kappa shape index (κ2) is 8.07. The van der Waals surface area contributed by atoms with Crippen molar-refractivity contribution in [2.75, 3.05) is 16.8 Å². The summed E-state index contributed by atoms with van der Waals surface area (Å²) < 4.78 is 1.85. The van der Waals surface area contributed by atoms with Crippen molar-refractivity contribution >= 4 is 17.3 Å². The van der Waals surface area contributed by atoms with Gasteiger partial charge in [0, 0.05) is 42.6 Å². The van der Waals surface area contributed by atoms with E-state index < -0.39 is 0 Å². The van der Waals surface area contributed by atoms with Gasteiger partial charge in [0.2, 0.25) is 0 Å². The lowest BCUT2D eigenvalue weighted by atomic mass is 9.99. The van der Waals surface area contributed by atoms with Crippen molar-refractivity contribution in [3.8, 4) is 11.4 Å². The summed E-state index contributed by atoms with van der Waals surface area (Å²) in [7, 11) is 1.89. The van der Waals surface area contributed by atoms with Gasteiger partial charge in [-0.25, -0.2) is 0 Å². The zero-order valence-corrected chi connectivity index (χ0v) is 17.3. The maximum atomic E-state index is 12.8. The number of benzene rings is 3. The lowest BCUT2D eigenvalue weighted by Crippen LogP contribution is -2.30. The van der Waals surface area contributed by atoms with Crippen molar-refractivity contribution in [2.45, 2.75) is 13.0 Å². The molecule has 0 aliphatic carbocycles. The minimum atomic E-state index is -0.134. The Morgan fingerprint density at radius 3 is 2.55 bits per heavy atom. The Morgan fingerprint density at radius 1 is 0.968 bits per heavy atom. The Balaban J connectivity index is 1.29. The molecule has 31 heavy (non-hydrogen) atoms. The average molecular weight is 409 g/mol. The van der Waals surface area contributed by atoms with Gasteiger partial charge in [0.05, 0.1) is 0 Å². The Kier molecular flexibility index (Phi) is 4.96. The van der Waals surface area contributed by atoms with Crippen LogP contribution in [0.5, 0.6) is 0 Å². The highest BCUT2D eigenvalue weighted by Gasteiger charge is 2.16. The third-order valence-electron chi connectivity index (χ3n) is 5.72. The normalized spacial score (nSPS) is 13.0. The fourth-order valence-corrected chi connectivity index (χ4v) is 4.02. The zero-order valence-electron chi connectivity index (χ0n) is 17.3. The summed E-state index contributed by atoms with van der Waals surface area (Å²) in [5.41, 5.74) is 6.19. The van der Waals surface area contributed by atoms with Gasteiger partial charge >= 0.3 is 0 Å². The van der Waals surface area contributed by atoms with Crippen molar-refractivity contribution in [3.63, 3.8) is 0 Å². The number of anilines is 2. The summed E-state index contributed by atoms with van der Waals surface area (Å²) in [6.45, 7) is 1.88. The van der Waals surface area contributed by atoms with Gasteiger partial charge in [0.25, 0.3) is 5.91 Å². The number of carbonyl (C=O) groups is 1. The second-order valence-electron chi connectivity index (χ2n) is 7.79. The number of aromatic nitrogens is 3. The van der Waals surface area contributed by atoms with Gasteiger partial charge in [0.15, 0.2) is 5.82 Å². The van der Waals surface area contributed by atoms with Crippen LogP contribution in [0.3, 0.4) is 0 Å². The molecule has 1 amide bonds. The monoisotopic (exact) mass is 409 g/mol. The molecule has 0 bridgehead atoms. The molecule has 0 unspecified atom stereocenters. The molecule has 1 aliphatic rings. The van der Waals surface area contributed by atoms with Crippen LogP contribution in [-0.2, 0) is 20.0 Å². The summed E-state index contributed by atoms with van der Waals surface area (Å²) in [6, 6.07) is 24.0. The van der Waals surface area contributed by atoms with Crippen LogP contribution in [-0.4, -0.2) is 27.2 Å². The minimum absolute atomic E-state index is 0.134. The van der Waals surface area contributed by atoms with Crippen LogP contribution in [0.25, 0.3) is 11.4 Å². The van der Waals surface area contributed by atoms with E-state index in [0.717, 1.165) is 42.3 Å². The molecule has 0 fully saturated rings. The summed E-state index contributed by atoms with van der Waals surface area (Å²) in [5, 5.41) is 11.0. The van der Waals surface area contributed by atoms with Crippen LogP contribution in [0.1, 0.15) is 21.5 Å². The van der Waals surface area contributed by atoms with E-state index >= 15 is 0 Å². The van der Waals surface area contributed by atoms with Crippen molar-refractivity contribution in [1.29, 1.82) is 0 Å². The summed E-state index contributed by atoms with van der Waals surface area (Å²) >= 11 is 0. The standard InChI is InChI=1S/C25H23N5O/c1-29-17-26-28-24(29)20-7-4-8-22(15-20)27-25(31)19-9-11-23(12-10-19)30-14-13-18-5-2-3-6-21(18)16-30/h2-12,15,17H,13-14,16H2,1H3,(H,27,31). The third kappa shape index (κ3) is 3.92. The maximum Gasteiger partial charge on any atom is 0.255 e. The number of rotatable bonds is 4. The molecule has 0 saturated carbocycles. The van der Waals surface area contributed by atoms with Crippen LogP contribution in [0.4, 0.5) is 11.4 Å². The average Bonchev–Trinajstić information content (AvgIpc) is 3.25. The van der Waals surface area contributed by atoms with Gasteiger partial charge < -0.3 is 14.8 Å². The smallest absolute Gasteiger partial charge is 0.255 e. The van der Waals surface area contributed by atoms with Crippen molar-refractivity contribution in [2.24, 2.45) is 7.05 Å². The Labute approximate surface area is 181 Å². The molecule has 6 heteroatoms. The Bertz CT molecular complexity index is 1230. The first-order valence-electron chi connectivity index (χ1n) is 10.3. The first-order chi connectivity index (χ1) is 15.2. The number of amides is 1. The fraction of sp³-hybridized carbons (Fsp3) is 0.160. The van der Waals surface area contributed by atoms with Gasteiger partial charge in [-0.05, 0) is 53.9 Å². The van der Waals surface area contributed by atoms with Crippen LogP contribution in [0.15, 0.2) is 79.1 Å².